The number of benzene rings is 5. The van der Waals surface area contributed by atoms with E-state index >= 15 is 0 Å². The number of para-hydroxylation sites is 2. The number of hydrogen-bond acceptors (Lipinski definition) is 2. The van der Waals surface area contributed by atoms with E-state index in [1.165, 1.54) is 38.6 Å². The van der Waals surface area contributed by atoms with E-state index in [0.29, 0.717) is 0 Å². The molecular formula is C39H30N4. The van der Waals surface area contributed by atoms with Gasteiger partial charge in [0.25, 0.3) is 0 Å². The maximum absolute atomic E-state index is 4.51. The van der Waals surface area contributed by atoms with Crippen molar-refractivity contribution in [3.05, 3.63) is 139 Å². The minimum atomic E-state index is 0.883. The van der Waals surface area contributed by atoms with Gasteiger partial charge in [-0.25, -0.2) is 4.68 Å². The molecule has 5 aromatic carbocycles. The van der Waals surface area contributed by atoms with Crippen molar-refractivity contribution in [3.63, 3.8) is 0 Å². The summed E-state index contributed by atoms with van der Waals surface area (Å²) in [5.41, 5.74) is 13.7. The van der Waals surface area contributed by atoms with Gasteiger partial charge in [0.2, 0.25) is 0 Å². The van der Waals surface area contributed by atoms with Crippen LogP contribution in [0.4, 0.5) is 0 Å². The van der Waals surface area contributed by atoms with E-state index in [4.69, 9.17) is 0 Å². The van der Waals surface area contributed by atoms with Crippen LogP contribution in [0.1, 0.15) is 24.0 Å². The molecule has 0 bridgehead atoms. The SMILES string of the molecule is C=Cc1c(-c2cccc(-n3nnc4ccccc43)c2C)cccc1-c1cccc2c1c1ccccc1n2C1=CC=CCC1. The van der Waals surface area contributed by atoms with Crippen molar-refractivity contribution in [2.75, 3.05) is 0 Å². The number of rotatable bonds is 5. The first-order valence-corrected chi connectivity index (χ1v) is 14.8. The molecule has 0 unspecified atom stereocenters. The Bertz CT molecular complexity index is 2270. The molecule has 4 nitrogen and oxygen atoms in total. The second-order valence-corrected chi connectivity index (χ2v) is 11.1. The van der Waals surface area contributed by atoms with Gasteiger partial charge in [-0.1, -0.05) is 103 Å². The molecule has 0 N–H and O–H groups in total. The molecule has 0 saturated heterocycles. The fourth-order valence-electron chi connectivity index (χ4n) is 6.78. The van der Waals surface area contributed by atoms with E-state index in [2.05, 4.69) is 132 Å². The van der Waals surface area contributed by atoms with Crippen molar-refractivity contribution in [2.45, 2.75) is 19.8 Å². The van der Waals surface area contributed by atoms with Crippen LogP contribution < -0.4 is 0 Å². The number of fused-ring (bicyclic) bond motifs is 4. The highest BCUT2D eigenvalue weighted by atomic mass is 15.4. The minimum Gasteiger partial charge on any atom is -0.313 e. The molecule has 2 aromatic heterocycles. The number of nitrogens with zero attached hydrogens (tertiary/aromatic N) is 4. The highest BCUT2D eigenvalue weighted by molar-refractivity contribution is 6.17. The lowest BCUT2D eigenvalue weighted by Gasteiger charge is -2.17. The van der Waals surface area contributed by atoms with Gasteiger partial charge >= 0.3 is 0 Å². The average Bonchev–Trinajstić information content (AvgIpc) is 3.64. The molecular weight excluding hydrogens is 524 g/mol. The molecule has 8 rings (SSSR count). The standard InChI is InChI=1S/C39H30N4/c1-3-28-30(29-17-12-24-35(26(29)2)43-37-23-10-8-21-34(37)40-41-43)18-11-19-31(28)32-20-13-25-38-39(32)33-16-7-9-22-36(33)42(38)27-14-5-4-6-15-27/h3-5,7-14,16-25H,1,6,15H2,2H3. The van der Waals surface area contributed by atoms with E-state index < -0.39 is 0 Å². The van der Waals surface area contributed by atoms with E-state index in [1.807, 2.05) is 29.0 Å². The molecule has 1 aliphatic rings. The summed E-state index contributed by atoms with van der Waals surface area (Å²) in [7, 11) is 0. The zero-order chi connectivity index (χ0) is 28.9. The van der Waals surface area contributed by atoms with Crippen molar-refractivity contribution in [1.29, 1.82) is 0 Å². The Kier molecular flexibility index (Phi) is 5.93. The lowest BCUT2D eigenvalue weighted by molar-refractivity contribution is 0.819. The molecule has 0 spiro atoms. The minimum absolute atomic E-state index is 0.883. The first-order valence-electron chi connectivity index (χ1n) is 14.8. The van der Waals surface area contributed by atoms with Crippen LogP contribution in [0.5, 0.6) is 0 Å². The van der Waals surface area contributed by atoms with Gasteiger partial charge in [-0.15, -0.1) is 5.10 Å². The smallest absolute Gasteiger partial charge is 0.113 e. The maximum Gasteiger partial charge on any atom is 0.113 e. The Hall–Kier alpha value is -5.48. The molecule has 4 heteroatoms. The zero-order valence-corrected chi connectivity index (χ0v) is 24.0. The summed E-state index contributed by atoms with van der Waals surface area (Å²) in [6.07, 6.45) is 10.8. The first-order chi connectivity index (χ1) is 21.2. The fraction of sp³-hybridized carbons (Fsp3) is 0.0769. The largest absolute Gasteiger partial charge is 0.313 e. The van der Waals surface area contributed by atoms with Gasteiger partial charge in [-0.05, 0) is 89.6 Å². The molecule has 1 aliphatic carbocycles. The van der Waals surface area contributed by atoms with E-state index in [-0.39, 0.29) is 0 Å². The highest BCUT2D eigenvalue weighted by Gasteiger charge is 2.20. The Morgan fingerprint density at radius 2 is 1.42 bits per heavy atom. The van der Waals surface area contributed by atoms with Crippen LogP contribution in [0.3, 0.4) is 0 Å². The molecule has 0 saturated carbocycles. The number of aromatic nitrogens is 4. The van der Waals surface area contributed by atoms with Crippen LogP contribution in [-0.2, 0) is 0 Å². The second-order valence-electron chi connectivity index (χ2n) is 11.1. The van der Waals surface area contributed by atoms with Crippen LogP contribution in [0.15, 0.2) is 128 Å². The second kappa shape index (κ2) is 10.1. The Morgan fingerprint density at radius 3 is 2.26 bits per heavy atom. The van der Waals surface area contributed by atoms with Gasteiger partial charge in [-0.3, -0.25) is 0 Å². The highest BCUT2D eigenvalue weighted by Crippen LogP contribution is 2.43. The lowest BCUT2D eigenvalue weighted by atomic mass is 9.88. The lowest BCUT2D eigenvalue weighted by Crippen LogP contribution is -2.01. The van der Waals surface area contributed by atoms with Gasteiger partial charge in [0.15, 0.2) is 0 Å². The number of hydrogen-bond donors (Lipinski definition) is 0. The molecule has 0 atom stereocenters. The average molecular weight is 555 g/mol. The molecule has 2 heterocycles. The quantitative estimate of drug-likeness (QED) is 0.212. The molecule has 7 aromatic rings. The Morgan fingerprint density at radius 1 is 0.721 bits per heavy atom. The van der Waals surface area contributed by atoms with Gasteiger partial charge in [-0.2, -0.15) is 0 Å². The van der Waals surface area contributed by atoms with Crippen molar-refractivity contribution in [2.24, 2.45) is 0 Å². The monoisotopic (exact) mass is 554 g/mol. The molecule has 43 heavy (non-hydrogen) atoms. The van der Waals surface area contributed by atoms with Crippen molar-refractivity contribution in [3.8, 4) is 27.9 Å². The van der Waals surface area contributed by atoms with Crippen molar-refractivity contribution < 1.29 is 0 Å². The Balaban J connectivity index is 1.36. The first kappa shape index (κ1) is 25.2. The third kappa shape index (κ3) is 3.91. The van der Waals surface area contributed by atoms with Gasteiger partial charge in [0, 0.05) is 16.5 Å². The van der Waals surface area contributed by atoms with Gasteiger partial charge in [0.05, 0.1) is 22.2 Å². The van der Waals surface area contributed by atoms with Crippen LogP contribution >= 0.6 is 0 Å². The van der Waals surface area contributed by atoms with E-state index in [1.54, 1.807) is 0 Å². The molecule has 0 amide bonds. The summed E-state index contributed by atoms with van der Waals surface area (Å²) in [4.78, 5) is 0. The van der Waals surface area contributed by atoms with Gasteiger partial charge in [0.1, 0.15) is 5.52 Å². The van der Waals surface area contributed by atoms with Crippen LogP contribution in [0, 0.1) is 6.92 Å². The van der Waals surface area contributed by atoms with Crippen LogP contribution in [-0.4, -0.2) is 19.6 Å². The summed E-state index contributed by atoms with van der Waals surface area (Å²) >= 11 is 0. The predicted octanol–water partition coefficient (Wildman–Crippen LogP) is 10.0. The molecule has 0 radical (unpaired) electrons. The van der Waals surface area contributed by atoms with Crippen molar-refractivity contribution in [1.82, 2.24) is 19.6 Å². The van der Waals surface area contributed by atoms with Crippen LogP contribution in [0.2, 0.25) is 0 Å². The van der Waals surface area contributed by atoms with E-state index in [0.717, 1.165) is 51.8 Å². The molecule has 0 fully saturated rings. The number of allylic oxidation sites excluding steroid dienone is 4. The molecule has 0 aliphatic heterocycles. The third-order valence-corrected chi connectivity index (χ3v) is 8.75. The predicted molar refractivity (Wildman–Crippen MR) is 180 cm³/mol. The zero-order valence-electron chi connectivity index (χ0n) is 24.0. The van der Waals surface area contributed by atoms with Gasteiger partial charge < -0.3 is 4.57 Å². The molecule has 206 valence electrons. The summed E-state index contributed by atoms with van der Waals surface area (Å²) in [6, 6.07) is 36.6. The summed E-state index contributed by atoms with van der Waals surface area (Å²) in [5, 5.41) is 11.4. The summed E-state index contributed by atoms with van der Waals surface area (Å²) in [5.74, 6) is 0. The maximum atomic E-state index is 4.51. The normalized spacial score (nSPS) is 13.2. The van der Waals surface area contributed by atoms with Crippen molar-refractivity contribution >= 4 is 44.6 Å². The fourth-order valence-corrected chi connectivity index (χ4v) is 6.78. The van der Waals surface area contributed by atoms with E-state index in [9.17, 15) is 0 Å². The van der Waals surface area contributed by atoms with Crippen LogP contribution in [0.25, 0.3) is 72.6 Å². The summed E-state index contributed by atoms with van der Waals surface area (Å²) < 4.78 is 4.39. The topological polar surface area (TPSA) is 35.6 Å². The third-order valence-electron chi connectivity index (χ3n) is 8.75. The summed E-state index contributed by atoms with van der Waals surface area (Å²) in [6.45, 7) is 6.49. The Labute approximate surface area is 250 Å².